The normalized spacial score (nSPS) is 10.5. The summed E-state index contributed by atoms with van der Waals surface area (Å²) in [5.74, 6) is 0.997. The number of hydrogen-bond donors (Lipinski definition) is 1. The van der Waals surface area contributed by atoms with Gasteiger partial charge in [-0.25, -0.2) is 9.67 Å². The van der Waals surface area contributed by atoms with Crippen LogP contribution in [0.3, 0.4) is 0 Å². The van der Waals surface area contributed by atoms with Crippen LogP contribution >= 0.6 is 0 Å². The van der Waals surface area contributed by atoms with Crippen LogP contribution in [0, 0.1) is 13.8 Å². The zero-order valence-corrected chi connectivity index (χ0v) is 10.1. The van der Waals surface area contributed by atoms with E-state index in [1.54, 1.807) is 16.9 Å². The number of aryl methyl sites for hydroxylation is 1. The highest BCUT2D eigenvalue weighted by molar-refractivity contribution is 5.48. The zero-order valence-electron chi connectivity index (χ0n) is 10.1. The standard InChI is InChI=1S/C11H15N5O/c1-4-17-9-5-6-13-11(14-9)16-8(3)10(12)7(2)15-16/h5-6H,4,12H2,1-3H3. The van der Waals surface area contributed by atoms with E-state index in [0.29, 0.717) is 24.1 Å². The van der Waals surface area contributed by atoms with Gasteiger partial charge in [0.2, 0.25) is 5.88 Å². The summed E-state index contributed by atoms with van der Waals surface area (Å²) < 4.78 is 6.94. The molecule has 0 amide bonds. The van der Waals surface area contributed by atoms with E-state index in [1.807, 2.05) is 20.8 Å². The Balaban J connectivity index is 2.45. The number of rotatable bonds is 3. The maximum atomic E-state index is 5.87. The maximum Gasteiger partial charge on any atom is 0.254 e. The van der Waals surface area contributed by atoms with Gasteiger partial charge in [0.1, 0.15) is 0 Å². The molecule has 2 rings (SSSR count). The summed E-state index contributed by atoms with van der Waals surface area (Å²) in [5, 5.41) is 4.29. The fourth-order valence-electron chi connectivity index (χ4n) is 1.51. The third-order valence-corrected chi connectivity index (χ3v) is 2.45. The molecule has 0 aliphatic carbocycles. The van der Waals surface area contributed by atoms with Gasteiger partial charge in [-0.05, 0) is 20.8 Å². The van der Waals surface area contributed by atoms with Crippen molar-refractivity contribution in [3.63, 3.8) is 0 Å². The van der Waals surface area contributed by atoms with E-state index >= 15 is 0 Å². The first-order chi connectivity index (χ1) is 8.13. The van der Waals surface area contributed by atoms with Crippen LogP contribution in [0.15, 0.2) is 12.3 Å². The molecule has 0 unspecified atom stereocenters. The maximum absolute atomic E-state index is 5.87. The van der Waals surface area contributed by atoms with Crippen molar-refractivity contribution in [3.8, 4) is 11.8 Å². The summed E-state index contributed by atoms with van der Waals surface area (Å²) in [5.41, 5.74) is 8.13. The van der Waals surface area contributed by atoms with E-state index in [9.17, 15) is 0 Å². The molecule has 6 heteroatoms. The van der Waals surface area contributed by atoms with Gasteiger partial charge in [-0.15, -0.1) is 0 Å². The van der Waals surface area contributed by atoms with Crippen LogP contribution in [0.25, 0.3) is 5.95 Å². The highest BCUT2D eigenvalue weighted by Crippen LogP contribution is 2.18. The van der Waals surface area contributed by atoms with Crippen LogP contribution in [0.5, 0.6) is 5.88 Å². The monoisotopic (exact) mass is 233 g/mol. The van der Waals surface area contributed by atoms with Crippen LogP contribution in [-0.4, -0.2) is 26.4 Å². The smallest absolute Gasteiger partial charge is 0.254 e. The first-order valence-corrected chi connectivity index (χ1v) is 5.41. The van der Waals surface area contributed by atoms with Gasteiger partial charge in [-0.3, -0.25) is 0 Å². The number of nitrogens with two attached hydrogens (primary N) is 1. The number of hydrogen-bond acceptors (Lipinski definition) is 5. The van der Waals surface area contributed by atoms with Gasteiger partial charge < -0.3 is 10.5 Å². The van der Waals surface area contributed by atoms with Crippen LogP contribution in [-0.2, 0) is 0 Å². The Labute approximate surface area is 99.4 Å². The van der Waals surface area contributed by atoms with Crippen molar-refractivity contribution in [1.82, 2.24) is 19.7 Å². The van der Waals surface area contributed by atoms with Gasteiger partial charge in [0, 0.05) is 12.3 Å². The summed E-state index contributed by atoms with van der Waals surface area (Å²) in [6.07, 6.45) is 1.64. The molecule has 17 heavy (non-hydrogen) atoms. The van der Waals surface area contributed by atoms with Crippen molar-refractivity contribution in [2.75, 3.05) is 12.3 Å². The molecule has 0 radical (unpaired) electrons. The fourth-order valence-corrected chi connectivity index (χ4v) is 1.51. The number of aromatic nitrogens is 4. The lowest BCUT2D eigenvalue weighted by molar-refractivity contribution is 0.325. The van der Waals surface area contributed by atoms with Gasteiger partial charge in [0.15, 0.2) is 0 Å². The summed E-state index contributed by atoms with van der Waals surface area (Å²) in [6.45, 7) is 6.20. The Kier molecular flexibility index (Phi) is 2.95. The van der Waals surface area contributed by atoms with Crippen LogP contribution in [0.4, 0.5) is 5.69 Å². The van der Waals surface area contributed by atoms with E-state index < -0.39 is 0 Å². The highest BCUT2D eigenvalue weighted by atomic mass is 16.5. The SMILES string of the molecule is CCOc1ccnc(-n2nc(C)c(N)c2C)n1. The van der Waals surface area contributed by atoms with E-state index in [2.05, 4.69) is 15.1 Å². The molecular weight excluding hydrogens is 218 g/mol. The second-order valence-electron chi connectivity index (χ2n) is 3.62. The number of anilines is 1. The molecular formula is C11H15N5O. The van der Waals surface area contributed by atoms with E-state index in [0.717, 1.165) is 11.4 Å². The molecule has 90 valence electrons. The van der Waals surface area contributed by atoms with Gasteiger partial charge in [0.05, 0.1) is 23.7 Å². The number of nitrogens with zero attached hydrogens (tertiary/aromatic N) is 4. The molecule has 0 aliphatic heterocycles. The topological polar surface area (TPSA) is 78.8 Å². The lowest BCUT2D eigenvalue weighted by Crippen LogP contribution is -2.06. The minimum absolute atomic E-state index is 0.466. The van der Waals surface area contributed by atoms with Gasteiger partial charge in [-0.2, -0.15) is 10.1 Å². The average Bonchev–Trinajstić information content (AvgIpc) is 2.58. The molecule has 0 saturated heterocycles. The Morgan fingerprint density at radius 3 is 2.76 bits per heavy atom. The third-order valence-electron chi connectivity index (χ3n) is 2.45. The predicted octanol–water partition coefficient (Wildman–Crippen LogP) is 1.26. The second kappa shape index (κ2) is 4.40. The quantitative estimate of drug-likeness (QED) is 0.863. The molecule has 6 nitrogen and oxygen atoms in total. The van der Waals surface area contributed by atoms with E-state index in [-0.39, 0.29) is 0 Å². The Morgan fingerprint density at radius 2 is 2.18 bits per heavy atom. The minimum atomic E-state index is 0.466. The summed E-state index contributed by atoms with van der Waals surface area (Å²) in [7, 11) is 0. The molecule has 0 spiro atoms. The van der Waals surface area contributed by atoms with Crippen molar-refractivity contribution in [2.45, 2.75) is 20.8 Å². The van der Waals surface area contributed by atoms with Gasteiger partial charge in [-0.1, -0.05) is 0 Å². The lowest BCUT2D eigenvalue weighted by Gasteiger charge is -2.05. The van der Waals surface area contributed by atoms with Gasteiger partial charge >= 0.3 is 0 Å². The molecule has 0 aliphatic rings. The predicted molar refractivity (Wildman–Crippen MR) is 64.2 cm³/mol. The molecule has 0 atom stereocenters. The Bertz CT molecular complexity index is 535. The van der Waals surface area contributed by atoms with Crippen molar-refractivity contribution in [2.24, 2.45) is 0 Å². The molecule has 2 heterocycles. The highest BCUT2D eigenvalue weighted by Gasteiger charge is 2.12. The summed E-state index contributed by atoms with van der Waals surface area (Å²) >= 11 is 0. The average molecular weight is 233 g/mol. The Hall–Kier alpha value is -2.11. The molecule has 2 aromatic rings. The van der Waals surface area contributed by atoms with Gasteiger partial charge in [0.25, 0.3) is 5.95 Å². The van der Waals surface area contributed by atoms with E-state index in [1.165, 1.54) is 0 Å². The first-order valence-electron chi connectivity index (χ1n) is 5.41. The molecule has 0 fully saturated rings. The van der Waals surface area contributed by atoms with Crippen molar-refractivity contribution < 1.29 is 4.74 Å². The first kappa shape index (κ1) is 11.4. The second-order valence-corrected chi connectivity index (χ2v) is 3.62. The van der Waals surface area contributed by atoms with E-state index in [4.69, 9.17) is 10.5 Å². The molecule has 0 aromatic carbocycles. The molecule has 0 saturated carbocycles. The zero-order chi connectivity index (χ0) is 12.4. The largest absolute Gasteiger partial charge is 0.478 e. The van der Waals surface area contributed by atoms with Crippen LogP contribution in [0.1, 0.15) is 18.3 Å². The van der Waals surface area contributed by atoms with Crippen molar-refractivity contribution in [3.05, 3.63) is 23.7 Å². The molecule has 2 N–H and O–H groups in total. The Morgan fingerprint density at radius 1 is 1.41 bits per heavy atom. The van der Waals surface area contributed by atoms with Crippen molar-refractivity contribution >= 4 is 5.69 Å². The number of ether oxygens (including phenoxy) is 1. The van der Waals surface area contributed by atoms with Crippen LogP contribution < -0.4 is 10.5 Å². The molecule has 0 bridgehead atoms. The van der Waals surface area contributed by atoms with Crippen molar-refractivity contribution in [1.29, 1.82) is 0 Å². The lowest BCUT2D eigenvalue weighted by atomic mass is 10.3. The third kappa shape index (κ3) is 2.06. The van der Waals surface area contributed by atoms with Crippen LogP contribution in [0.2, 0.25) is 0 Å². The summed E-state index contributed by atoms with van der Waals surface area (Å²) in [6, 6.07) is 1.71. The summed E-state index contributed by atoms with van der Waals surface area (Å²) in [4.78, 5) is 8.42. The fraction of sp³-hybridized carbons (Fsp3) is 0.364. The molecule has 2 aromatic heterocycles. The number of nitrogen functional groups attached to an aromatic ring is 1. The minimum Gasteiger partial charge on any atom is -0.478 e.